The Morgan fingerprint density at radius 3 is 2.61 bits per heavy atom. The van der Waals surface area contributed by atoms with E-state index in [2.05, 4.69) is 4.98 Å². The molecule has 120 valence electrons. The number of nitrogens with one attached hydrogen (secondary N) is 1. The molecule has 2 aromatic rings. The minimum Gasteiger partial charge on any atom is -0.494 e. The van der Waals surface area contributed by atoms with E-state index in [0.29, 0.717) is 6.42 Å². The van der Waals surface area contributed by atoms with Crippen LogP contribution in [-0.4, -0.2) is 14.7 Å². The van der Waals surface area contributed by atoms with Gasteiger partial charge < -0.3 is 5.11 Å². The second-order valence-electron chi connectivity index (χ2n) is 4.81. The van der Waals surface area contributed by atoms with Gasteiger partial charge in [-0.2, -0.15) is 0 Å². The summed E-state index contributed by atoms with van der Waals surface area (Å²) in [7, 11) is 0. The number of aromatic hydroxyl groups is 1. The lowest BCUT2D eigenvalue weighted by molar-refractivity contribution is 0.404. The summed E-state index contributed by atoms with van der Waals surface area (Å²) in [5.41, 5.74) is 0.113. The first-order valence-corrected chi connectivity index (χ1v) is 8.39. The van der Waals surface area contributed by atoms with Gasteiger partial charge in [-0.3, -0.25) is 9.78 Å². The Kier molecular flexibility index (Phi) is 5.97. The van der Waals surface area contributed by atoms with Gasteiger partial charge in [0.1, 0.15) is 4.05 Å². The molecule has 5 nitrogen and oxygen atoms in total. The molecule has 0 spiro atoms. The van der Waals surface area contributed by atoms with E-state index in [1.54, 1.807) is 19.1 Å². The third-order valence-electron chi connectivity index (χ3n) is 3.28. The molecule has 0 saturated carbocycles. The monoisotopic (exact) mass is 424 g/mol. The maximum absolute atomic E-state index is 11.9. The standard InChI is InChI=1S/C17H17IN2O3/c1-2-13-15(21)19-17(23)20(16(13)22)14(18)11-7-6-10-12-8-4-3-5-9-12/h3-11,14,22H,2H2,1H3,(H,19,21,23). The van der Waals surface area contributed by atoms with Crippen LogP contribution >= 0.6 is 22.6 Å². The van der Waals surface area contributed by atoms with Gasteiger partial charge in [-0.1, -0.05) is 84.2 Å². The van der Waals surface area contributed by atoms with Crippen molar-refractivity contribution >= 4 is 28.7 Å². The Morgan fingerprint density at radius 1 is 1.26 bits per heavy atom. The lowest BCUT2D eigenvalue weighted by Crippen LogP contribution is -2.32. The van der Waals surface area contributed by atoms with Gasteiger partial charge in [-0.15, -0.1) is 0 Å². The Labute approximate surface area is 147 Å². The molecule has 0 aliphatic heterocycles. The highest BCUT2D eigenvalue weighted by atomic mass is 127. The molecule has 0 amide bonds. The summed E-state index contributed by atoms with van der Waals surface area (Å²) in [6.07, 6.45) is 7.70. The maximum atomic E-state index is 11.9. The molecule has 0 fully saturated rings. The van der Waals surface area contributed by atoms with E-state index < -0.39 is 15.3 Å². The quantitative estimate of drug-likeness (QED) is 0.440. The van der Waals surface area contributed by atoms with Crippen LogP contribution < -0.4 is 11.2 Å². The number of hydrogen-bond acceptors (Lipinski definition) is 3. The van der Waals surface area contributed by atoms with Crippen LogP contribution in [0.1, 0.15) is 22.1 Å². The van der Waals surface area contributed by atoms with Crippen molar-refractivity contribution in [2.45, 2.75) is 17.4 Å². The summed E-state index contributed by atoms with van der Waals surface area (Å²) in [5, 5.41) is 10.1. The van der Waals surface area contributed by atoms with Crippen molar-refractivity contribution in [3.8, 4) is 5.88 Å². The van der Waals surface area contributed by atoms with E-state index >= 15 is 0 Å². The molecule has 23 heavy (non-hydrogen) atoms. The zero-order chi connectivity index (χ0) is 16.8. The Morgan fingerprint density at radius 2 is 1.96 bits per heavy atom. The number of benzene rings is 1. The number of alkyl halides is 1. The van der Waals surface area contributed by atoms with Gasteiger partial charge in [0.15, 0.2) is 0 Å². The van der Waals surface area contributed by atoms with Crippen LogP contribution in [0.5, 0.6) is 5.88 Å². The molecule has 1 atom stereocenters. The minimum atomic E-state index is -0.624. The van der Waals surface area contributed by atoms with Crippen molar-refractivity contribution in [1.82, 2.24) is 9.55 Å². The zero-order valence-corrected chi connectivity index (χ0v) is 14.7. The number of aromatic amines is 1. The van der Waals surface area contributed by atoms with Crippen molar-refractivity contribution < 1.29 is 5.11 Å². The van der Waals surface area contributed by atoms with Crippen LogP contribution in [0.4, 0.5) is 0 Å². The van der Waals surface area contributed by atoms with E-state index in [1.165, 1.54) is 0 Å². The van der Waals surface area contributed by atoms with E-state index in [4.69, 9.17) is 0 Å². The molecular weight excluding hydrogens is 407 g/mol. The molecule has 6 heteroatoms. The van der Waals surface area contributed by atoms with Crippen LogP contribution in [0.25, 0.3) is 6.08 Å². The van der Waals surface area contributed by atoms with E-state index in [9.17, 15) is 14.7 Å². The predicted molar refractivity (Wildman–Crippen MR) is 100 cm³/mol. The van der Waals surface area contributed by atoms with E-state index in [0.717, 1.165) is 10.1 Å². The van der Waals surface area contributed by atoms with Crippen LogP contribution in [-0.2, 0) is 6.42 Å². The Hall–Kier alpha value is -2.09. The number of hydrogen-bond donors (Lipinski definition) is 2. The predicted octanol–water partition coefficient (Wildman–Crippen LogP) is 3.01. The summed E-state index contributed by atoms with van der Waals surface area (Å²) in [4.78, 5) is 25.8. The SMILES string of the molecule is CCc1c(O)n(C(I)C=CC=Cc2ccccc2)c(=O)[nH]c1=O. The average Bonchev–Trinajstić information content (AvgIpc) is 2.52. The fourth-order valence-electron chi connectivity index (χ4n) is 2.10. The number of nitrogens with zero attached hydrogens (tertiary/aromatic N) is 1. The van der Waals surface area contributed by atoms with Gasteiger partial charge in [0.25, 0.3) is 5.56 Å². The number of rotatable bonds is 5. The fourth-order valence-corrected chi connectivity index (χ4v) is 2.85. The van der Waals surface area contributed by atoms with E-state index in [1.807, 2.05) is 65.1 Å². The van der Waals surface area contributed by atoms with Crippen LogP contribution in [0.15, 0.2) is 58.1 Å². The van der Waals surface area contributed by atoms with E-state index in [-0.39, 0.29) is 11.4 Å². The Balaban J connectivity index is 2.23. The van der Waals surface area contributed by atoms with Gasteiger partial charge in [0, 0.05) is 0 Å². The number of aromatic nitrogens is 2. The van der Waals surface area contributed by atoms with Crippen molar-refractivity contribution in [2.75, 3.05) is 0 Å². The molecule has 0 radical (unpaired) electrons. The molecule has 1 unspecified atom stereocenters. The zero-order valence-electron chi connectivity index (χ0n) is 12.6. The smallest absolute Gasteiger partial charge is 0.332 e. The third kappa shape index (κ3) is 4.22. The maximum Gasteiger partial charge on any atom is 0.332 e. The summed E-state index contributed by atoms with van der Waals surface area (Å²) >= 11 is 2.02. The second kappa shape index (κ2) is 7.96. The lowest BCUT2D eigenvalue weighted by Gasteiger charge is -2.13. The summed E-state index contributed by atoms with van der Waals surface area (Å²) in [6, 6.07) is 9.82. The normalized spacial score (nSPS) is 13.0. The molecule has 0 aliphatic carbocycles. The van der Waals surface area contributed by atoms with Crippen molar-refractivity contribution in [2.24, 2.45) is 0 Å². The largest absolute Gasteiger partial charge is 0.494 e. The van der Waals surface area contributed by atoms with Crippen molar-refractivity contribution in [3.05, 3.63) is 80.5 Å². The van der Waals surface area contributed by atoms with Gasteiger partial charge >= 0.3 is 5.69 Å². The van der Waals surface area contributed by atoms with Crippen molar-refractivity contribution in [1.29, 1.82) is 0 Å². The number of halogens is 1. The molecule has 0 aliphatic rings. The highest BCUT2D eigenvalue weighted by Gasteiger charge is 2.16. The van der Waals surface area contributed by atoms with Gasteiger partial charge in [0.2, 0.25) is 5.88 Å². The average molecular weight is 424 g/mol. The van der Waals surface area contributed by atoms with Crippen LogP contribution in [0.2, 0.25) is 0 Å². The fraction of sp³-hybridized carbons (Fsp3) is 0.176. The highest BCUT2D eigenvalue weighted by Crippen LogP contribution is 2.22. The second-order valence-corrected chi connectivity index (χ2v) is 6.09. The lowest BCUT2D eigenvalue weighted by atomic mass is 10.2. The van der Waals surface area contributed by atoms with Crippen molar-refractivity contribution in [3.63, 3.8) is 0 Å². The first-order valence-electron chi connectivity index (χ1n) is 7.15. The molecule has 0 saturated heterocycles. The molecule has 1 aromatic heterocycles. The van der Waals surface area contributed by atoms with Crippen LogP contribution in [0, 0.1) is 0 Å². The van der Waals surface area contributed by atoms with Gasteiger partial charge in [-0.05, 0) is 12.0 Å². The molecule has 2 rings (SSSR count). The Bertz CT molecular complexity index is 835. The summed E-state index contributed by atoms with van der Waals surface area (Å²) in [5.74, 6) is -0.280. The molecule has 1 aromatic carbocycles. The topological polar surface area (TPSA) is 75.1 Å². The molecular formula is C17H17IN2O3. The highest BCUT2D eigenvalue weighted by molar-refractivity contribution is 14.1. The molecule has 2 N–H and O–H groups in total. The third-order valence-corrected chi connectivity index (χ3v) is 4.25. The summed E-state index contributed by atoms with van der Waals surface area (Å²) < 4.78 is 0.746. The molecule has 1 heterocycles. The molecule has 0 bridgehead atoms. The number of H-pyrrole nitrogens is 1. The van der Waals surface area contributed by atoms with Crippen LogP contribution in [0.3, 0.4) is 0 Å². The minimum absolute atomic E-state index is 0.208. The van der Waals surface area contributed by atoms with Gasteiger partial charge in [0.05, 0.1) is 5.56 Å². The first kappa shape index (κ1) is 17.3. The summed E-state index contributed by atoms with van der Waals surface area (Å²) in [6.45, 7) is 1.75. The van der Waals surface area contributed by atoms with Gasteiger partial charge in [-0.25, -0.2) is 9.36 Å². The first-order chi connectivity index (χ1) is 11.0. The number of allylic oxidation sites excluding steroid dienone is 3.